The van der Waals surface area contributed by atoms with Crippen LogP contribution >= 0.6 is 0 Å². The van der Waals surface area contributed by atoms with Crippen molar-refractivity contribution in [3.63, 3.8) is 0 Å². The Morgan fingerprint density at radius 2 is 1.10 bits per heavy atom. The summed E-state index contributed by atoms with van der Waals surface area (Å²) >= 11 is 0. The van der Waals surface area contributed by atoms with E-state index < -0.39 is 139 Å². The monoisotopic (exact) mass is 878 g/mol. The molecule has 2 heterocycles. The molecule has 2 aliphatic heterocycles. The number of rotatable bonds is 13. The van der Waals surface area contributed by atoms with E-state index in [-0.39, 0.29) is 19.4 Å². The topological polar surface area (TPSA) is 323 Å². The minimum Gasteiger partial charge on any atom is -0.444 e. The van der Waals surface area contributed by atoms with E-state index in [0.29, 0.717) is 12.8 Å². The zero-order valence-corrected chi connectivity index (χ0v) is 36.1. The first-order valence-electron chi connectivity index (χ1n) is 20.1. The lowest BCUT2D eigenvalue weighted by Gasteiger charge is -2.49. The largest absolute Gasteiger partial charge is 0.444 e. The molecule has 15 atom stereocenters. The third-order valence-electron chi connectivity index (χ3n) is 9.42. The highest BCUT2D eigenvalue weighted by Gasteiger charge is 2.54. The number of hydrogen-bond acceptors (Lipinski definition) is 18. The second-order valence-corrected chi connectivity index (χ2v) is 18.2. The van der Waals surface area contributed by atoms with E-state index in [1.54, 1.807) is 62.3 Å². The van der Waals surface area contributed by atoms with Crippen molar-refractivity contribution >= 4 is 24.2 Å². The molecule has 0 aromatic heterocycles. The molecule has 3 aliphatic rings. The lowest BCUT2D eigenvalue weighted by atomic mass is 9.83. The van der Waals surface area contributed by atoms with Crippen molar-refractivity contribution in [2.75, 3.05) is 13.2 Å². The van der Waals surface area contributed by atoms with E-state index in [9.17, 15) is 54.9 Å². The van der Waals surface area contributed by atoms with Gasteiger partial charge in [-0.3, -0.25) is 4.79 Å². The third-order valence-corrected chi connectivity index (χ3v) is 9.42. The summed E-state index contributed by atoms with van der Waals surface area (Å²) in [6.07, 6.45) is -18.5. The smallest absolute Gasteiger partial charge is 0.408 e. The van der Waals surface area contributed by atoms with Crippen molar-refractivity contribution in [3.8, 4) is 12.3 Å². The number of alkyl carbamates (subject to hydrolysis) is 3. The van der Waals surface area contributed by atoms with Gasteiger partial charge < -0.3 is 90.2 Å². The van der Waals surface area contributed by atoms with Gasteiger partial charge in [0.05, 0.1) is 24.7 Å². The fourth-order valence-corrected chi connectivity index (χ4v) is 6.73. The van der Waals surface area contributed by atoms with Crippen molar-refractivity contribution in [2.45, 2.75) is 197 Å². The summed E-state index contributed by atoms with van der Waals surface area (Å²) < 4.78 is 40.0. The number of carbonyl (C=O) groups excluding carboxylic acids is 4. The second-order valence-electron chi connectivity index (χ2n) is 18.2. The fraction of sp³-hybridized carbons (Fsp3) is 0.846. The Hall–Kier alpha value is -3.60. The number of ether oxygens (including phenoxy) is 7. The number of amides is 4. The molecule has 11 N–H and O–H groups in total. The maximum absolute atomic E-state index is 13.2. The number of carbonyl (C=O) groups is 4. The highest BCUT2D eigenvalue weighted by Crippen LogP contribution is 2.33. The SMILES string of the molecule is C#CCCCC(=O)NCC1O[C@@H](O[C@H]2C(NC(=O)OC(C)(C)C)C[C@H](NC(=O)OC(C)(C)C)C(O[C@@H]3OC(CO)[C@H](O)C(NC(=O)OC(C)(C)C)C3O)[C@H]2O)C(O)[C@@H](O)[C@H]1O. The van der Waals surface area contributed by atoms with Crippen LogP contribution in [0.1, 0.15) is 88.0 Å². The Balaban J connectivity index is 2.03. The molecule has 61 heavy (non-hydrogen) atoms. The standard InChI is InChI=1S/C39H66N4O18/c1-11-12-13-14-22(45)40-16-20-25(47)27(49)28(50)33(55-20)58-31-19(42-35(53)60-38(5,6)7)15-18(41-34(52)59-37(2,3)4)30(29(31)51)57-32-26(48)23(24(46)21(17-44)56-32)43-36(54)61-39(8,9)10/h1,18-21,23-33,44,46-51H,12-17H2,2-10H3,(H,40,45)(H,41,52)(H,42,53)(H,43,54)/t18-,19?,20?,21?,23?,24-,25-,26?,27-,28?,29+,30?,31-,32-,33-/m0/s1. The molecule has 1 aliphatic carbocycles. The van der Waals surface area contributed by atoms with Crippen LogP contribution in [0.5, 0.6) is 0 Å². The molecule has 0 spiro atoms. The van der Waals surface area contributed by atoms with Crippen molar-refractivity contribution in [3.05, 3.63) is 0 Å². The van der Waals surface area contributed by atoms with E-state index in [0.717, 1.165) is 0 Å². The van der Waals surface area contributed by atoms with Gasteiger partial charge in [-0.25, -0.2) is 14.4 Å². The summed E-state index contributed by atoms with van der Waals surface area (Å²) in [5, 5.41) is 87.5. The predicted octanol–water partition coefficient (Wildman–Crippen LogP) is -1.63. The van der Waals surface area contributed by atoms with Crippen LogP contribution in [0, 0.1) is 12.3 Å². The van der Waals surface area contributed by atoms with E-state index in [1.165, 1.54) is 0 Å². The van der Waals surface area contributed by atoms with Crippen LogP contribution in [-0.4, -0.2) is 182 Å². The number of aliphatic hydroxyl groups is 7. The van der Waals surface area contributed by atoms with Crippen LogP contribution in [0.25, 0.3) is 0 Å². The van der Waals surface area contributed by atoms with Gasteiger partial charge in [-0.15, -0.1) is 12.3 Å². The predicted molar refractivity (Wildman–Crippen MR) is 210 cm³/mol. The summed E-state index contributed by atoms with van der Waals surface area (Å²) in [4.78, 5) is 51.6. The fourth-order valence-electron chi connectivity index (χ4n) is 6.73. The highest BCUT2D eigenvalue weighted by atomic mass is 16.7. The first kappa shape index (κ1) is 51.7. The first-order chi connectivity index (χ1) is 28.1. The Morgan fingerprint density at radius 1 is 0.639 bits per heavy atom. The molecule has 350 valence electrons. The average Bonchev–Trinajstić information content (AvgIpc) is 3.11. The van der Waals surface area contributed by atoms with E-state index in [1.807, 2.05) is 0 Å². The van der Waals surface area contributed by atoms with Gasteiger partial charge in [0.15, 0.2) is 12.6 Å². The Kier molecular flexibility index (Phi) is 18.4. The van der Waals surface area contributed by atoms with Gasteiger partial charge in [0.25, 0.3) is 0 Å². The summed E-state index contributed by atoms with van der Waals surface area (Å²) in [5.41, 5.74) is -3.01. The van der Waals surface area contributed by atoms with Gasteiger partial charge in [0.1, 0.15) is 77.8 Å². The van der Waals surface area contributed by atoms with Gasteiger partial charge in [-0.05, 0) is 75.2 Å². The van der Waals surface area contributed by atoms with Crippen LogP contribution in [0.3, 0.4) is 0 Å². The molecular weight excluding hydrogens is 812 g/mol. The van der Waals surface area contributed by atoms with Crippen LogP contribution < -0.4 is 21.3 Å². The van der Waals surface area contributed by atoms with Gasteiger partial charge in [0, 0.05) is 19.4 Å². The number of aliphatic hydroxyl groups excluding tert-OH is 7. The minimum atomic E-state index is -1.99. The van der Waals surface area contributed by atoms with Crippen LogP contribution in [0.4, 0.5) is 14.4 Å². The van der Waals surface area contributed by atoms with Gasteiger partial charge in [-0.1, -0.05) is 0 Å². The molecule has 2 saturated heterocycles. The molecule has 7 unspecified atom stereocenters. The molecule has 4 amide bonds. The summed E-state index contributed by atoms with van der Waals surface area (Å²) in [6.45, 7) is 13.1. The van der Waals surface area contributed by atoms with Crippen molar-refractivity contribution in [1.29, 1.82) is 0 Å². The summed E-state index contributed by atoms with van der Waals surface area (Å²) in [5.74, 6) is 1.98. The lowest BCUT2D eigenvalue weighted by Crippen LogP contribution is -2.70. The van der Waals surface area contributed by atoms with E-state index in [4.69, 9.17) is 39.6 Å². The van der Waals surface area contributed by atoms with Crippen LogP contribution in [-0.2, 0) is 38.0 Å². The lowest BCUT2D eigenvalue weighted by molar-refractivity contribution is -0.334. The van der Waals surface area contributed by atoms with E-state index >= 15 is 0 Å². The molecule has 3 rings (SSSR count). The highest BCUT2D eigenvalue weighted by molar-refractivity contribution is 5.75. The number of hydrogen-bond donors (Lipinski definition) is 11. The molecule has 22 heteroatoms. The summed E-state index contributed by atoms with van der Waals surface area (Å²) in [6, 6.07) is -4.24. The second kappa shape index (κ2) is 21.7. The van der Waals surface area contributed by atoms with Crippen molar-refractivity contribution < 1.29 is 88.1 Å². The molecule has 0 bridgehead atoms. The number of terminal acetylenes is 1. The van der Waals surface area contributed by atoms with Crippen LogP contribution in [0.15, 0.2) is 0 Å². The molecular formula is C39H66N4O18. The Bertz CT molecular complexity index is 1510. The molecule has 3 fully saturated rings. The normalized spacial score (nSPS) is 34.6. The molecule has 0 aromatic rings. The maximum atomic E-state index is 13.2. The number of unbranched alkanes of at least 4 members (excludes halogenated alkanes) is 1. The zero-order chi connectivity index (χ0) is 46.2. The molecule has 0 radical (unpaired) electrons. The third kappa shape index (κ3) is 15.6. The van der Waals surface area contributed by atoms with Gasteiger partial charge in [0.2, 0.25) is 5.91 Å². The summed E-state index contributed by atoms with van der Waals surface area (Å²) in [7, 11) is 0. The quantitative estimate of drug-likeness (QED) is 0.0562. The molecule has 1 saturated carbocycles. The first-order valence-corrected chi connectivity index (χ1v) is 20.1. The molecule has 22 nitrogen and oxygen atoms in total. The average molecular weight is 879 g/mol. The van der Waals surface area contributed by atoms with Crippen LogP contribution in [0.2, 0.25) is 0 Å². The number of nitrogens with one attached hydrogen (secondary N) is 4. The Labute approximate surface area is 355 Å². The molecule has 0 aromatic carbocycles. The van der Waals surface area contributed by atoms with Crippen molar-refractivity contribution in [2.24, 2.45) is 0 Å². The minimum absolute atomic E-state index is 0.0551. The maximum Gasteiger partial charge on any atom is 0.408 e. The van der Waals surface area contributed by atoms with Gasteiger partial charge in [-0.2, -0.15) is 0 Å². The Morgan fingerprint density at radius 3 is 1.56 bits per heavy atom. The van der Waals surface area contributed by atoms with Crippen molar-refractivity contribution in [1.82, 2.24) is 21.3 Å². The van der Waals surface area contributed by atoms with E-state index in [2.05, 4.69) is 27.2 Å². The zero-order valence-electron chi connectivity index (χ0n) is 36.1. The van der Waals surface area contributed by atoms with Gasteiger partial charge >= 0.3 is 18.3 Å².